The van der Waals surface area contributed by atoms with Crippen molar-refractivity contribution in [2.45, 2.75) is 31.8 Å². The van der Waals surface area contributed by atoms with E-state index in [-0.39, 0.29) is 12.5 Å². The number of hydrogen-bond donors (Lipinski definition) is 4. The molecule has 0 fully saturated rings. The summed E-state index contributed by atoms with van der Waals surface area (Å²) in [4.78, 5) is 25.6. The predicted octanol–water partition coefficient (Wildman–Crippen LogP) is 4.78. The zero-order chi connectivity index (χ0) is 32.5. The van der Waals surface area contributed by atoms with Crippen LogP contribution in [0.15, 0.2) is 97.5 Å². The first-order valence-corrected chi connectivity index (χ1v) is 14.8. The standard InChI is InChI=1S/C33H32ClN9O3/c1-33(2,20-44)39-32(46)37-27-12-8-23(9-13-27)25-18-29(40-35-19-25)28(16-22-6-4-3-5-7-22)38-31(45)15-10-24-17-26(34)11-14-30(24)43-21-36-41-42-43/h3-15,17-19,21,28,44H,16,20H2,1-2H3,(H,38,45)(H2,37,39,46)/b15-10+/t28-/m0/s1. The maximum atomic E-state index is 13.3. The lowest BCUT2D eigenvalue weighted by Crippen LogP contribution is -2.48. The van der Waals surface area contributed by atoms with Crippen LogP contribution < -0.4 is 16.0 Å². The van der Waals surface area contributed by atoms with E-state index in [0.29, 0.717) is 34.1 Å². The second-order valence-corrected chi connectivity index (χ2v) is 11.5. The highest BCUT2D eigenvalue weighted by atomic mass is 35.5. The zero-order valence-corrected chi connectivity index (χ0v) is 25.9. The lowest BCUT2D eigenvalue weighted by atomic mass is 10.00. The maximum absolute atomic E-state index is 13.3. The molecule has 0 saturated carbocycles. The van der Waals surface area contributed by atoms with Gasteiger partial charge in [0.1, 0.15) is 6.33 Å². The molecule has 5 rings (SSSR count). The second kappa shape index (κ2) is 14.5. The van der Waals surface area contributed by atoms with E-state index in [1.165, 1.54) is 17.1 Å². The average molecular weight is 638 g/mol. The Labute approximate surface area is 270 Å². The van der Waals surface area contributed by atoms with E-state index in [4.69, 9.17) is 11.6 Å². The number of anilines is 1. The molecule has 3 aromatic carbocycles. The summed E-state index contributed by atoms with van der Waals surface area (Å²) in [6.07, 6.45) is 6.67. The highest BCUT2D eigenvalue weighted by Crippen LogP contribution is 2.25. The Morgan fingerprint density at radius 1 is 1.00 bits per heavy atom. The number of carbonyl (C=O) groups excluding carboxylic acids is 2. The first-order valence-electron chi connectivity index (χ1n) is 14.4. The Morgan fingerprint density at radius 3 is 2.50 bits per heavy atom. The van der Waals surface area contributed by atoms with Gasteiger partial charge >= 0.3 is 6.03 Å². The van der Waals surface area contributed by atoms with Gasteiger partial charge in [-0.25, -0.2) is 4.79 Å². The van der Waals surface area contributed by atoms with Crippen LogP contribution in [0.1, 0.15) is 36.7 Å². The molecule has 12 nitrogen and oxygen atoms in total. The van der Waals surface area contributed by atoms with Gasteiger partial charge in [0, 0.05) is 27.9 Å². The number of amides is 3. The molecule has 0 spiro atoms. The van der Waals surface area contributed by atoms with Crippen LogP contribution in [-0.2, 0) is 11.2 Å². The van der Waals surface area contributed by atoms with Crippen molar-refractivity contribution in [1.82, 2.24) is 41.0 Å². The van der Waals surface area contributed by atoms with E-state index in [1.54, 1.807) is 56.5 Å². The summed E-state index contributed by atoms with van der Waals surface area (Å²) >= 11 is 6.23. The summed E-state index contributed by atoms with van der Waals surface area (Å²) < 4.78 is 1.49. The number of hydrogen-bond acceptors (Lipinski definition) is 8. The van der Waals surface area contributed by atoms with Crippen LogP contribution in [0.3, 0.4) is 0 Å². The fourth-order valence-corrected chi connectivity index (χ4v) is 4.75. The molecule has 0 radical (unpaired) electrons. The van der Waals surface area contributed by atoms with E-state index in [0.717, 1.165) is 16.7 Å². The van der Waals surface area contributed by atoms with Crippen LogP contribution in [0.5, 0.6) is 0 Å². The van der Waals surface area contributed by atoms with Gasteiger partial charge in [-0.1, -0.05) is 54.1 Å². The number of nitrogens with one attached hydrogen (secondary N) is 3. The lowest BCUT2D eigenvalue weighted by molar-refractivity contribution is -0.117. The molecular formula is C33H32ClN9O3. The SMILES string of the molecule is CC(C)(CO)NC(=O)Nc1ccc(-c2cnnc([C@H](Cc3ccccc3)NC(=O)/C=C/c3cc(Cl)ccc3-n3cnnn3)c2)cc1. The van der Waals surface area contributed by atoms with Crippen LogP contribution in [0.25, 0.3) is 22.9 Å². The highest BCUT2D eigenvalue weighted by molar-refractivity contribution is 6.30. The highest BCUT2D eigenvalue weighted by Gasteiger charge is 2.20. The minimum Gasteiger partial charge on any atom is -0.394 e. The summed E-state index contributed by atoms with van der Waals surface area (Å²) in [5, 5.41) is 38.4. The minimum atomic E-state index is -0.751. The second-order valence-electron chi connectivity index (χ2n) is 11.1. The zero-order valence-electron chi connectivity index (χ0n) is 25.1. The number of carbonyl (C=O) groups is 2. The molecule has 1 atom stereocenters. The number of nitrogens with zero attached hydrogens (tertiary/aromatic N) is 6. The molecule has 0 aliphatic carbocycles. The van der Waals surface area contributed by atoms with Gasteiger partial charge in [-0.2, -0.15) is 14.9 Å². The largest absolute Gasteiger partial charge is 0.394 e. The number of rotatable bonds is 11. The molecule has 0 bridgehead atoms. The fourth-order valence-electron chi connectivity index (χ4n) is 4.57. The third-order valence-electron chi connectivity index (χ3n) is 6.95. The summed E-state index contributed by atoms with van der Waals surface area (Å²) in [6, 6.07) is 23.2. The quantitative estimate of drug-likeness (QED) is 0.151. The van der Waals surface area contributed by atoms with Crippen molar-refractivity contribution < 1.29 is 14.7 Å². The van der Waals surface area contributed by atoms with E-state index in [1.807, 2.05) is 48.5 Å². The third-order valence-corrected chi connectivity index (χ3v) is 7.19. The number of aromatic nitrogens is 6. The van der Waals surface area contributed by atoms with E-state index < -0.39 is 17.6 Å². The number of tetrazole rings is 1. The first-order chi connectivity index (χ1) is 22.2. The lowest BCUT2D eigenvalue weighted by Gasteiger charge is -2.23. The van der Waals surface area contributed by atoms with Crippen LogP contribution in [0, 0.1) is 0 Å². The van der Waals surface area contributed by atoms with E-state index in [9.17, 15) is 14.7 Å². The van der Waals surface area contributed by atoms with Gasteiger partial charge in [-0.05, 0) is 84.3 Å². The van der Waals surface area contributed by atoms with Crippen molar-refractivity contribution in [2.75, 3.05) is 11.9 Å². The van der Waals surface area contributed by atoms with Crippen LogP contribution >= 0.6 is 11.6 Å². The van der Waals surface area contributed by atoms with Crippen molar-refractivity contribution in [2.24, 2.45) is 0 Å². The number of aliphatic hydroxyl groups excluding tert-OH is 1. The van der Waals surface area contributed by atoms with Crippen molar-refractivity contribution in [3.05, 3.63) is 119 Å². The summed E-state index contributed by atoms with van der Waals surface area (Å²) in [7, 11) is 0. The van der Waals surface area contributed by atoms with Crippen molar-refractivity contribution in [1.29, 1.82) is 0 Å². The molecule has 0 aliphatic heterocycles. The first kappa shape index (κ1) is 31.9. The van der Waals surface area contributed by atoms with Gasteiger partial charge < -0.3 is 21.1 Å². The molecule has 2 heterocycles. The number of halogens is 1. The third kappa shape index (κ3) is 8.58. The van der Waals surface area contributed by atoms with E-state index >= 15 is 0 Å². The Bertz CT molecular complexity index is 1810. The van der Waals surface area contributed by atoms with Gasteiger partial charge in [0.25, 0.3) is 0 Å². The minimum absolute atomic E-state index is 0.191. The van der Waals surface area contributed by atoms with Crippen molar-refractivity contribution in [3.63, 3.8) is 0 Å². The van der Waals surface area contributed by atoms with Crippen molar-refractivity contribution in [3.8, 4) is 16.8 Å². The molecule has 0 saturated heterocycles. The summed E-state index contributed by atoms with van der Waals surface area (Å²) in [5.41, 5.74) is 4.37. The maximum Gasteiger partial charge on any atom is 0.319 e. The van der Waals surface area contributed by atoms with Gasteiger partial charge in [-0.3, -0.25) is 4.79 Å². The smallest absolute Gasteiger partial charge is 0.319 e. The van der Waals surface area contributed by atoms with Gasteiger partial charge in [0.05, 0.1) is 35.8 Å². The van der Waals surface area contributed by atoms with Crippen molar-refractivity contribution >= 4 is 35.3 Å². The summed E-state index contributed by atoms with van der Waals surface area (Å²) in [6.45, 7) is 3.26. The monoisotopic (exact) mass is 637 g/mol. The van der Waals surface area contributed by atoms with Gasteiger partial charge in [-0.15, -0.1) is 5.10 Å². The molecule has 0 unspecified atom stereocenters. The Morgan fingerprint density at radius 2 is 1.78 bits per heavy atom. The van der Waals surface area contributed by atoms with Gasteiger partial charge in [0.2, 0.25) is 5.91 Å². The topological polar surface area (TPSA) is 160 Å². The molecule has 5 aromatic rings. The molecule has 13 heteroatoms. The molecule has 4 N–H and O–H groups in total. The molecule has 46 heavy (non-hydrogen) atoms. The Kier molecular flexibility index (Phi) is 10.1. The van der Waals surface area contributed by atoms with Crippen LogP contribution in [0.2, 0.25) is 5.02 Å². The van der Waals surface area contributed by atoms with E-state index in [2.05, 4.69) is 41.7 Å². The van der Waals surface area contributed by atoms with Gasteiger partial charge in [0.15, 0.2) is 0 Å². The number of benzene rings is 3. The molecule has 2 aromatic heterocycles. The number of aliphatic hydroxyl groups is 1. The van der Waals surface area contributed by atoms with Crippen LogP contribution in [0.4, 0.5) is 10.5 Å². The Balaban J connectivity index is 1.35. The molecular weight excluding hydrogens is 606 g/mol. The fraction of sp³-hybridized carbons (Fsp3) is 0.182. The normalized spacial score (nSPS) is 12.1. The predicted molar refractivity (Wildman–Crippen MR) is 175 cm³/mol. The Hall–Kier alpha value is -5.46. The van der Waals surface area contributed by atoms with Crippen LogP contribution in [-0.4, -0.2) is 59.6 Å². The molecule has 234 valence electrons. The molecule has 3 amide bonds. The molecule has 0 aliphatic rings. The number of urea groups is 1. The average Bonchev–Trinajstić information content (AvgIpc) is 3.59. The summed E-state index contributed by atoms with van der Waals surface area (Å²) in [5.74, 6) is -0.339.